The van der Waals surface area contributed by atoms with E-state index in [1.807, 2.05) is 37.6 Å². The first-order chi connectivity index (χ1) is 15.6. The third kappa shape index (κ3) is 6.81. The number of amidine groups is 1. The number of nitrogens with zero attached hydrogens (tertiary/aromatic N) is 1. The van der Waals surface area contributed by atoms with Crippen LogP contribution in [0.2, 0.25) is 0 Å². The molecule has 11 heteroatoms. The van der Waals surface area contributed by atoms with Gasteiger partial charge >= 0.3 is 0 Å². The molecule has 0 unspecified atom stereocenters. The van der Waals surface area contributed by atoms with Crippen LogP contribution < -0.4 is 16.9 Å². The maximum absolute atomic E-state index is 13.0. The lowest BCUT2D eigenvalue weighted by Gasteiger charge is -2.10. The Labute approximate surface area is 202 Å². The molecule has 176 valence electrons. The van der Waals surface area contributed by atoms with Gasteiger partial charge in [0, 0.05) is 5.38 Å². The summed E-state index contributed by atoms with van der Waals surface area (Å²) in [6.45, 7) is 1.91. The number of thioether (sulfide) groups is 1. The second kappa shape index (κ2) is 11.8. The summed E-state index contributed by atoms with van der Waals surface area (Å²) in [5.74, 6) is -0.0339. The Morgan fingerprint density at radius 1 is 1.12 bits per heavy atom. The number of aliphatic imine (C=N–C) groups is 1. The number of nitrogen functional groups attached to an aromatic ring is 1. The second-order valence-electron chi connectivity index (χ2n) is 6.80. The van der Waals surface area contributed by atoms with Gasteiger partial charge in [0.15, 0.2) is 0 Å². The van der Waals surface area contributed by atoms with E-state index in [2.05, 4.69) is 10.5 Å². The Balaban J connectivity index is 0.00000122. The topological polar surface area (TPSA) is 144 Å². The molecular formula is C22H27N5O3S3. The number of aryl methyl sites for hydroxylation is 1. The standard InChI is InChI=1S/C20H21N5O3S2.C2H6S/c1-12-8-14(24-20(23)25-28-2)6-7-17(12)13-4-3-5-15(9-13)30(26,27)16-10-18(19(21)22)29-11-16;1-3-2/h3-11H,1-2H3,(H3,21,22)(H3,23,24,25);1-2H3. The molecule has 8 nitrogen and oxygen atoms in total. The molecule has 6 N–H and O–H groups in total. The number of hydrogen-bond donors (Lipinski definition) is 4. The molecule has 33 heavy (non-hydrogen) atoms. The molecule has 3 rings (SSSR count). The monoisotopic (exact) mass is 505 g/mol. The third-order valence-corrected chi connectivity index (χ3v) is 7.12. The predicted octanol–water partition coefficient (Wildman–Crippen LogP) is 3.92. The Hall–Kier alpha value is -2.86. The number of benzene rings is 2. The summed E-state index contributed by atoms with van der Waals surface area (Å²) in [5.41, 5.74) is 16.8. The second-order valence-corrected chi connectivity index (χ2v) is 10.5. The predicted molar refractivity (Wildman–Crippen MR) is 138 cm³/mol. The minimum absolute atomic E-state index is 0.123. The average Bonchev–Trinajstić information content (AvgIpc) is 3.26. The lowest BCUT2D eigenvalue weighted by Crippen LogP contribution is -2.30. The van der Waals surface area contributed by atoms with Crippen molar-refractivity contribution in [3.8, 4) is 11.1 Å². The van der Waals surface area contributed by atoms with E-state index in [1.165, 1.54) is 18.6 Å². The van der Waals surface area contributed by atoms with E-state index in [0.29, 0.717) is 10.6 Å². The van der Waals surface area contributed by atoms with Crippen molar-refractivity contribution >= 4 is 50.4 Å². The summed E-state index contributed by atoms with van der Waals surface area (Å²) < 4.78 is 26.0. The molecule has 0 spiro atoms. The molecule has 0 atom stereocenters. The first kappa shape index (κ1) is 26.4. The van der Waals surface area contributed by atoms with Crippen LogP contribution in [0.1, 0.15) is 10.4 Å². The van der Waals surface area contributed by atoms with Crippen molar-refractivity contribution in [1.29, 1.82) is 5.41 Å². The van der Waals surface area contributed by atoms with Gasteiger partial charge in [-0.3, -0.25) is 10.2 Å². The minimum atomic E-state index is -3.73. The fourth-order valence-corrected chi connectivity index (χ4v) is 5.32. The maximum Gasteiger partial charge on any atom is 0.218 e. The molecule has 0 aliphatic carbocycles. The van der Waals surface area contributed by atoms with Crippen LogP contribution in [-0.4, -0.2) is 39.8 Å². The zero-order chi connectivity index (χ0) is 24.6. The third-order valence-electron chi connectivity index (χ3n) is 4.27. The van der Waals surface area contributed by atoms with E-state index in [-0.39, 0.29) is 21.6 Å². The fraction of sp³-hybridized carbons (Fsp3) is 0.182. The normalized spacial score (nSPS) is 11.5. The van der Waals surface area contributed by atoms with Crippen molar-refractivity contribution in [2.75, 3.05) is 19.6 Å². The summed E-state index contributed by atoms with van der Waals surface area (Å²) in [4.78, 5) is 9.62. The van der Waals surface area contributed by atoms with Gasteiger partial charge in [-0.2, -0.15) is 11.8 Å². The van der Waals surface area contributed by atoms with E-state index in [0.717, 1.165) is 28.0 Å². The highest BCUT2D eigenvalue weighted by atomic mass is 32.2. The van der Waals surface area contributed by atoms with Crippen LogP contribution in [0.15, 0.2) is 68.7 Å². The van der Waals surface area contributed by atoms with Crippen molar-refractivity contribution in [3.05, 3.63) is 64.4 Å². The van der Waals surface area contributed by atoms with Crippen LogP contribution in [0.4, 0.5) is 5.69 Å². The highest BCUT2D eigenvalue weighted by Crippen LogP contribution is 2.31. The van der Waals surface area contributed by atoms with E-state index in [1.54, 1.807) is 36.0 Å². The Morgan fingerprint density at radius 2 is 1.82 bits per heavy atom. The summed E-state index contributed by atoms with van der Waals surface area (Å²) in [6, 6.07) is 13.6. The minimum Gasteiger partial charge on any atom is -0.383 e. The smallest absolute Gasteiger partial charge is 0.218 e. The van der Waals surface area contributed by atoms with Crippen molar-refractivity contribution in [3.63, 3.8) is 0 Å². The summed E-state index contributed by atoms with van der Waals surface area (Å²) in [5, 5.41) is 8.97. The molecule has 0 bridgehead atoms. The number of thiophene rings is 1. The lowest BCUT2D eigenvalue weighted by atomic mass is 10.0. The zero-order valence-corrected chi connectivity index (χ0v) is 21.2. The van der Waals surface area contributed by atoms with Crippen LogP contribution in [-0.2, 0) is 14.7 Å². The number of sulfone groups is 1. The molecule has 1 aromatic heterocycles. The van der Waals surface area contributed by atoms with Crippen molar-refractivity contribution in [1.82, 2.24) is 5.48 Å². The van der Waals surface area contributed by atoms with E-state index >= 15 is 0 Å². The van der Waals surface area contributed by atoms with Gasteiger partial charge in [0.05, 0.1) is 27.5 Å². The van der Waals surface area contributed by atoms with E-state index in [9.17, 15) is 8.42 Å². The van der Waals surface area contributed by atoms with Crippen molar-refractivity contribution in [2.24, 2.45) is 16.5 Å². The van der Waals surface area contributed by atoms with Crippen LogP contribution >= 0.6 is 23.1 Å². The zero-order valence-electron chi connectivity index (χ0n) is 18.7. The molecule has 0 saturated carbocycles. The van der Waals surface area contributed by atoms with E-state index < -0.39 is 9.84 Å². The van der Waals surface area contributed by atoms with Gasteiger partial charge in [0.2, 0.25) is 15.8 Å². The molecule has 0 aliphatic rings. The van der Waals surface area contributed by atoms with Gasteiger partial charge in [-0.25, -0.2) is 18.9 Å². The van der Waals surface area contributed by atoms with Crippen molar-refractivity contribution in [2.45, 2.75) is 16.7 Å². The quantitative estimate of drug-likeness (QED) is 0.226. The maximum atomic E-state index is 13.0. The largest absolute Gasteiger partial charge is 0.383 e. The highest BCUT2D eigenvalue weighted by Gasteiger charge is 2.21. The number of hydrogen-bond acceptors (Lipinski definition) is 7. The molecule has 0 aliphatic heterocycles. The number of nitrogens with one attached hydrogen (secondary N) is 2. The van der Waals surface area contributed by atoms with Crippen LogP contribution in [0, 0.1) is 12.3 Å². The SMILES string of the molecule is CONC(N)=Nc1ccc(-c2cccc(S(=O)(=O)c3csc(C(=N)N)c3)c2)c(C)c1.CSC. The number of rotatable bonds is 6. The van der Waals surface area contributed by atoms with Gasteiger partial charge in [-0.05, 0) is 66.5 Å². The van der Waals surface area contributed by atoms with Gasteiger partial charge < -0.3 is 11.5 Å². The van der Waals surface area contributed by atoms with E-state index in [4.69, 9.17) is 21.7 Å². The molecule has 0 radical (unpaired) electrons. The number of guanidine groups is 1. The molecule has 3 aromatic rings. The molecule has 2 aromatic carbocycles. The molecule has 1 heterocycles. The Morgan fingerprint density at radius 3 is 2.39 bits per heavy atom. The van der Waals surface area contributed by atoms with Gasteiger partial charge in [0.25, 0.3) is 0 Å². The van der Waals surface area contributed by atoms with Gasteiger partial charge in [-0.15, -0.1) is 11.3 Å². The van der Waals surface area contributed by atoms with Gasteiger partial charge in [0.1, 0.15) is 5.84 Å². The average molecular weight is 506 g/mol. The number of nitrogens with two attached hydrogens (primary N) is 2. The lowest BCUT2D eigenvalue weighted by molar-refractivity contribution is 0.143. The van der Waals surface area contributed by atoms with Crippen LogP contribution in [0.25, 0.3) is 11.1 Å². The molecular weight excluding hydrogens is 478 g/mol. The molecule has 0 saturated heterocycles. The molecule has 0 amide bonds. The first-order valence-corrected chi connectivity index (χ1v) is 13.6. The number of hydroxylamine groups is 1. The Bertz CT molecular complexity index is 1250. The fourth-order valence-electron chi connectivity index (χ4n) is 2.88. The summed E-state index contributed by atoms with van der Waals surface area (Å²) in [6.07, 6.45) is 4.08. The van der Waals surface area contributed by atoms with Gasteiger partial charge in [-0.1, -0.05) is 18.2 Å². The van der Waals surface area contributed by atoms with Crippen LogP contribution in [0.5, 0.6) is 0 Å². The summed E-state index contributed by atoms with van der Waals surface area (Å²) in [7, 11) is -2.29. The van der Waals surface area contributed by atoms with Crippen molar-refractivity contribution < 1.29 is 13.3 Å². The van der Waals surface area contributed by atoms with Crippen LogP contribution in [0.3, 0.4) is 0 Å². The Kier molecular flexibility index (Phi) is 9.47. The first-order valence-electron chi connectivity index (χ1n) is 9.56. The highest BCUT2D eigenvalue weighted by molar-refractivity contribution is 7.97. The molecule has 0 fully saturated rings. The summed E-state index contributed by atoms with van der Waals surface area (Å²) >= 11 is 2.88.